The molecule has 0 aromatic heterocycles. The van der Waals surface area contributed by atoms with Gasteiger partial charge >= 0.3 is 0 Å². The molecule has 25 heavy (non-hydrogen) atoms. The highest BCUT2D eigenvalue weighted by Gasteiger charge is 2.21. The summed E-state index contributed by atoms with van der Waals surface area (Å²) in [6.45, 7) is 0. The summed E-state index contributed by atoms with van der Waals surface area (Å²) in [5.74, 6) is -0.602. The van der Waals surface area contributed by atoms with Crippen molar-refractivity contribution in [2.75, 3.05) is 31.2 Å². The van der Waals surface area contributed by atoms with Crippen molar-refractivity contribution in [1.29, 1.82) is 0 Å². The van der Waals surface area contributed by atoms with Crippen LogP contribution >= 0.6 is 0 Å². The molecule has 0 unspecified atom stereocenters. The molecule has 2 aromatic carbocycles. The number of hydrogen-bond acceptors (Lipinski definition) is 5. The van der Waals surface area contributed by atoms with Crippen LogP contribution in [-0.2, 0) is 20.0 Å². The maximum absolute atomic E-state index is 13.7. The minimum Gasteiger partial charge on any atom is -0.384 e. The zero-order valence-electron chi connectivity index (χ0n) is 13.8. The van der Waals surface area contributed by atoms with Gasteiger partial charge in [-0.3, -0.25) is 4.72 Å². The lowest BCUT2D eigenvalue weighted by atomic mass is 10.2. The van der Waals surface area contributed by atoms with Gasteiger partial charge < -0.3 is 5.32 Å². The van der Waals surface area contributed by atoms with Crippen molar-refractivity contribution >= 4 is 31.4 Å². The maximum Gasteiger partial charge on any atom is 0.261 e. The van der Waals surface area contributed by atoms with Gasteiger partial charge in [0.1, 0.15) is 5.82 Å². The summed E-state index contributed by atoms with van der Waals surface area (Å²) in [5, 5.41) is 2.59. The van der Waals surface area contributed by atoms with Crippen LogP contribution in [0.1, 0.15) is 0 Å². The molecule has 0 saturated carbocycles. The Kier molecular flexibility index (Phi) is 5.35. The first kappa shape index (κ1) is 19.2. The van der Waals surface area contributed by atoms with Crippen molar-refractivity contribution in [2.45, 2.75) is 9.79 Å². The number of halogens is 1. The third-order valence-electron chi connectivity index (χ3n) is 3.42. The highest BCUT2D eigenvalue weighted by molar-refractivity contribution is 7.92. The van der Waals surface area contributed by atoms with Gasteiger partial charge in [0.15, 0.2) is 0 Å². The standard InChI is InChI=1S/C15H18FN3O4S2/c1-17-15-13(16)5-4-6-14(15)18-24(20,21)11-7-9-12(10-8-11)25(22,23)19(2)3/h4-10,17-18H,1-3H3. The van der Waals surface area contributed by atoms with Crippen LogP contribution in [-0.4, -0.2) is 42.3 Å². The van der Waals surface area contributed by atoms with Crippen LogP contribution in [0, 0.1) is 5.82 Å². The molecule has 0 radical (unpaired) electrons. The molecule has 0 atom stereocenters. The van der Waals surface area contributed by atoms with E-state index in [0.717, 1.165) is 4.31 Å². The number of nitrogens with one attached hydrogen (secondary N) is 2. The first-order chi connectivity index (χ1) is 11.6. The number of anilines is 2. The number of para-hydroxylation sites is 1. The number of nitrogens with zero attached hydrogens (tertiary/aromatic N) is 1. The monoisotopic (exact) mass is 387 g/mol. The molecule has 0 aliphatic rings. The third kappa shape index (κ3) is 3.91. The van der Waals surface area contributed by atoms with E-state index >= 15 is 0 Å². The van der Waals surface area contributed by atoms with E-state index in [9.17, 15) is 21.2 Å². The normalized spacial score (nSPS) is 12.2. The van der Waals surface area contributed by atoms with Gasteiger partial charge in [0.05, 0.1) is 21.2 Å². The van der Waals surface area contributed by atoms with E-state index in [1.165, 1.54) is 63.6 Å². The smallest absolute Gasteiger partial charge is 0.261 e. The summed E-state index contributed by atoms with van der Waals surface area (Å²) in [5.41, 5.74) is 0.0605. The third-order valence-corrected chi connectivity index (χ3v) is 6.63. The lowest BCUT2D eigenvalue weighted by Gasteiger charge is -2.14. The molecular weight excluding hydrogens is 369 g/mol. The predicted octanol–water partition coefficient (Wildman–Crippen LogP) is 1.92. The van der Waals surface area contributed by atoms with Crippen molar-refractivity contribution in [1.82, 2.24) is 4.31 Å². The van der Waals surface area contributed by atoms with Crippen molar-refractivity contribution in [3.8, 4) is 0 Å². The molecular formula is C15H18FN3O4S2. The molecule has 0 heterocycles. The highest BCUT2D eigenvalue weighted by Crippen LogP contribution is 2.27. The summed E-state index contributed by atoms with van der Waals surface area (Å²) < 4.78 is 66.0. The molecule has 0 aliphatic heterocycles. The molecule has 0 aliphatic carbocycles. The molecule has 0 bridgehead atoms. The minimum absolute atomic E-state index is 0.0119. The molecule has 7 nitrogen and oxygen atoms in total. The van der Waals surface area contributed by atoms with E-state index in [0.29, 0.717) is 0 Å². The summed E-state index contributed by atoms with van der Waals surface area (Å²) in [4.78, 5) is -0.172. The van der Waals surface area contributed by atoms with Crippen LogP contribution in [0.5, 0.6) is 0 Å². The Hall–Kier alpha value is -2.17. The largest absolute Gasteiger partial charge is 0.384 e. The Morgan fingerprint density at radius 2 is 1.48 bits per heavy atom. The number of sulfonamides is 2. The first-order valence-electron chi connectivity index (χ1n) is 7.11. The van der Waals surface area contributed by atoms with Gasteiger partial charge in [0.2, 0.25) is 10.0 Å². The van der Waals surface area contributed by atoms with Crippen molar-refractivity contribution in [3.63, 3.8) is 0 Å². The summed E-state index contributed by atoms with van der Waals surface area (Å²) in [7, 11) is -3.44. The number of benzene rings is 2. The predicted molar refractivity (Wildman–Crippen MR) is 94.1 cm³/mol. The van der Waals surface area contributed by atoms with E-state index in [2.05, 4.69) is 10.0 Å². The average Bonchev–Trinajstić information content (AvgIpc) is 2.54. The number of hydrogen-bond donors (Lipinski definition) is 2. The molecule has 136 valence electrons. The topological polar surface area (TPSA) is 95.6 Å². The molecule has 10 heteroatoms. The Labute approximate surface area is 146 Å². The molecule has 2 aromatic rings. The molecule has 2 N–H and O–H groups in total. The quantitative estimate of drug-likeness (QED) is 0.790. The highest BCUT2D eigenvalue weighted by atomic mass is 32.2. The average molecular weight is 387 g/mol. The second kappa shape index (κ2) is 6.98. The Bertz CT molecular complexity index is 972. The summed E-state index contributed by atoms with van der Waals surface area (Å²) >= 11 is 0. The van der Waals surface area contributed by atoms with Crippen molar-refractivity contribution < 1.29 is 21.2 Å². The van der Waals surface area contributed by atoms with Crippen LogP contribution in [0.2, 0.25) is 0 Å². The van der Waals surface area contributed by atoms with Crippen LogP contribution in [0.3, 0.4) is 0 Å². The lowest BCUT2D eigenvalue weighted by Crippen LogP contribution is -2.22. The fraction of sp³-hybridized carbons (Fsp3) is 0.200. The van der Waals surface area contributed by atoms with Gasteiger partial charge in [0, 0.05) is 21.1 Å². The molecule has 0 spiro atoms. The van der Waals surface area contributed by atoms with E-state index in [1.54, 1.807) is 0 Å². The van der Waals surface area contributed by atoms with Crippen LogP contribution < -0.4 is 10.0 Å². The van der Waals surface area contributed by atoms with Crippen LogP contribution in [0.15, 0.2) is 52.3 Å². The molecule has 0 amide bonds. The SMILES string of the molecule is CNc1c(F)cccc1NS(=O)(=O)c1ccc(S(=O)(=O)N(C)C)cc1. The lowest BCUT2D eigenvalue weighted by molar-refractivity contribution is 0.520. The van der Waals surface area contributed by atoms with E-state index in [1.807, 2.05) is 0 Å². The Morgan fingerprint density at radius 3 is 2.00 bits per heavy atom. The van der Waals surface area contributed by atoms with E-state index in [-0.39, 0.29) is 21.2 Å². The zero-order chi connectivity index (χ0) is 18.8. The Morgan fingerprint density at radius 1 is 0.920 bits per heavy atom. The first-order valence-corrected chi connectivity index (χ1v) is 10.0. The molecule has 0 saturated heterocycles. The minimum atomic E-state index is -4.01. The second-order valence-corrected chi connectivity index (χ2v) is 9.11. The number of rotatable bonds is 6. The zero-order valence-corrected chi connectivity index (χ0v) is 15.4. The van der Waals surface area contributed by atoms with Gasteiger partial charge in [-0.15, -0.1) is 0 Å². The summed E-state index contributed by atoms with van der Waals surface area (Å²) in [6, 6.07) is 8.75. The fourth-order valence-electron chi connectivity index (χ4n) is 2.07. The fourth-order valence-corrected chi connectivity index (χ4v) is 4.04. The van der Waals surface area contributed by atoms with Crippen LogP contribution in [0.25, 0.3) is 0 Å². The molecule has 0 fully saturated rings. The van der Waals surface area contributed by atoms with Crippen molar-refractivity contribution in [3.05, 3.63) is 48.3 Å². The second-order valence-electron chi connectivity index (χ2n) is 5.28. The van der Waals surface area contributed by atoms with Gasteiger partial charge in [-0.25, -0.2) is 25.5 Å². The maximum atomic E-state index is 13.7. The Balaban J connectivity index is 2.37. The van der Waals surface area contributed by atoms with Gasteiger partial charge in [-0.1, -0.05) is 6.07 Å². The van der Waals surface area contributed by atoms with E-state index < -0.39 is 25.9 Å². The van der Waals surface area contributed by atoms with Gasteiger partial charge in [-0.05, 0) is 36.4 Å². The summed E-state index contributed by atoms with van der Waals surface area (Å²) in [6.07, 6.45) is 0. The van der Waals surface area contributed by atoms with E-state index in [4.69, 9.17) is 0 Å². The molecule has 2 rings (SSSR count). The van der Waals surface area contributed by atoms with Crippen molar-refractivity contribution in [2.24, 2.45) is 0 Å². The van der Waals surface area contributed by atoms with Gasteiger partial charge in [0.25, 0.3) is 10.0 Å². The van der Waals surface area contributed by atoms with Gasteiger partial charge in [-0.2, -0.15) is 0 Å². The van der Waals surface area contributed by atoms with Crippen LogP contribution in [0.4, 0.5) is 15.8 Å².